The van der Waals surface area contributed by atoms with Crippen molar-refractivity contribution in [2.24, 2.45) is 0 Å². The predicted molar refractivity (Wildman–Crippen MR) is 64.5 cm³/mol. The Kier molecular flexibility index (Phi) is 4.00. The molecule has 1 aromatic rings. The standard InChI is InChI=1S/C14H19FO2/c1-2-3-4-5-11-9-13(16)12-8-10(15)6-7-14(12)17-11/h6-8,11,13,16H,2-5,9H2,1H3. The summed E-state index contributed by atoms with van der Waals surface area (Å²) in [6.45, 7) is 2.16. The number of aliphatic hydroxyl groups excluding tert-OH is 1. The van der Waals surface area contributed by atoms with Crippen LogP contribution in [0.2, 0.25) is 0 Å². The van der Waals surface area contributed by atoms with Crippen LogP contribution >= 0.6 is 0 Å². The largest absolute Gasteiger partial charge is 0.490 e. The van der Waals surface area contributed by atoms with Crippen molar-refractivity contribution in [3.8, 4) is 5.75 Å². The maximum atomic E-state index is 13.0. The van der Waals surface area contributed by atoms with Crippen molar-refractivity contribution < 1.29 is 14.2 Å². The molecule has 0 fully saturated rings. The van der Waals surface area contributed by atoms with Gasteiger partial charge in [-0.05, 0) is 31.0 Å². The number of rotatable bonds is 4. The summed E-state index contributed by atoms with van der Waals surface area (Å²) in [5.41, 5.74) is 0.580. The first-order valence-corrected chi connectivity index (χ1v) is 6.35. The van der Waals surface area contributed by atoms with E-state index in [0.717, 1.165) is 12.8 Å². The number of hydrogen-bond donors (Lipinski definition) is 1. The van der Waals surface area contributed by atoms with Gasteiger partial charge >= 0.3 is 0 Å². The first-order chi connectivity index (χ1) is 8.20. The average Bonchev–Trinajstić information content (AvgIpc) is 2.31. The lowest BCUT2D eigenvalue weighted by Crippen LogP contribution is -2.25. The van der Waals surface area contributed by atoms with Crippen molar-refractivity contribution in [1.82, 2.24) is 0 Å². The third kappa shape index (κ3) is 2.97. The van der Waals surface area contributed by atoms with E-state index in [0.29, 0.717) is 17.7 Å². The molecule has 0 spiro atoms. The van der Waals surface area contributed by atoms with Gasteiger partial charge in [0.2, 0.25) is 0 Å². The minimum absolute atomic E-state index is 0.0644. The van der Waals surface area contributed by atoms with Crippen LogP contribution in [0.25, 0.3) is 0 Å². The van der Waals surface area contributed by atoms with Crippen LogP contribution in [0.15, 0.2) is 18.2 Å². The van der Waals surface area contributed by atoms with Crippen LogP contribution in [0.5, 0.6) is 5.75 Å². The van der Waals surface area contributed by atoms with Gasteiger partial charge in [-0.3, -0.25) is 0 Å². The first kappa shape index (κ1) is 12.4. The highest BCUT2D eigenvalue weighted by molar-refractivity contribution is 5.37. The van der Waals surface area contributed by atoms with Gasteiger partial charge in [0.05, 0.1) is 6.10 Å². The molecule has 2 nitrogen and oxygen atoms in total. The van der Waals surface area contributed by atoms with E-state index >= 15 is 0 Å². The third-order valence-corrected chi connectivity index (χ3v) is 3.24. The molecule has 1 aliphatic heterocycles. The van der Waals surface area contributed by atoms with Crippen molar-refractivity contribution in [2.75, 3.05) is 0 Å². The lowest BCUT2D eigenvalue weighted by atomic mass is 9.96. The molecule has 2 atom stereocenters. The van der Waals surface area contributed by atoms with E-state index in [-0.39, 0.29) is 11.9 Å². The molecule has 0 aliphatic carbocycles. The monoisotopic (exact) mass is 238 g/mol. The molecule has 0 amide bonds. The fraction of sp³-hybridized carbons (Fsp3) is 0.571. The van der Waals surface area contributed by atoms with Crippen LogP contribution in [-0.2, 0) is 0 Å². The second-order valence-electron chi connectivity index (χ2n) is 4.67. The summed E-state index contributed by atoms with van der Waals surface area (Å²) < 4.78 is 18.8. The molecule has 1 aliphatic rings. The van der Waals surface area contributed by atoms with E-state index < -0.39 is 6.10 Å². The molecule has 1 N–H and O–H groups in total. The van der Waals surface area contributed by atoms with Crippen LogP contribution in [-0.4, -0.2) is 11.2 Å². The molecule has 0 radical (unpaired) electrons. The second-order valence-corrected chi connectivity index (χ2v) is 4.67. The normalized spacial score (nSPS) is 23.0. The quantitative estimate of drug-likeness (QED) is 0.812. The third-order valence-electron chi connectivity index (χ3n) is 3.24. The molecular weight excluding hydrogens is 219 g/mol. The second kappa shape index (κ2) is 5.50. The molecule has 3 heteroatoms. The number of aliphatic hydroxyl groups is 1. The zero-order valence-electron chi connectivity index (χ0n) is 10.2. The van der Waals surface area contributed by atoms with Crippen LogP contribution in [0.1, 0.15) is 50.7 Å². The van der Waals surface area contributed by atoms with Gasteiger partial charge < -0.3 is 9.84 Å². The minimum atomic E-state index is -0.596. The van der Waals surface area contributed by atoms with E-state index in [1.807, 2.05) is 0 Å². The number of hydrogen-bond acceptors (Lipinski definition) is 2. The number of unbranched alkanes of at least 4 members (excludes halogenated alkanes) is 2. The molecule has 0 bridgehead atoms. The lowest BCUT2D eigenvalue weighted by Gasteiger charge is -2.29. The van der Waals surface area contributed by atoms with E-state index in [4.69, 9.17) is 4.74 Å². The molecule has 0 aromatic heterocycles. The van der Waals surface area contributed by atoms with E-state index in [9.17, 15) is 9.50 Å². The Morgan fingerprint density at radius 2 is 2.24 bits per heavy atom. The van der Waals surface area contributed by atoms with E-state index in [1.54, 1.807) is 6.07 Å². The Labute approximate surface area is 101 Å². The van der Waals surface area contributed by atoms with Crippen molar-refractivity contribution in [1.29, 1.82) is 0 Å². The topological polar surface area (TPSA) is 29.5 Å². The molecular formula is C14H19FO2. The molecule has 2 rings (SSSR count). The maximum Gasteiger partial charge on any atom is 0.125 e. The Bertz CT molecular complexity index is 378. The highest BCUT2D eigenvalue weighted by atomic mass is 19.1. The maximum absolute atomic E-state index is 13.0. The SMILES string of the molecule is CCCCCC1CC(O)c2cc(F)ccc2O1. The number of benzene rings is 1. The molecule has 0 saturated carbocycles. The van der Waals surface area contributed by atoms with Gasteiger partial charge in [0.15, 0.2) is 0 Å². The van der Waals surface area contributed by atoms with Gasteiger partial charge in [0.25, 0.3) is 0 Å². The van der Waals surface area contributed by atoms with Crippen molar-refractivity contribution >= 4 is 0 Å². The van der Waals surface area contributed by atoms with Crippen LogP contribution in [0.4, 0.5) is 4.39 Å². The van der Waals surface area contributed by atoms with Crippen molar-refractivity contribution in [3.05, 3.63) is 29.6 Å². The molecule has 17 heavy (non-hydrogen) atoms. The fourth-order valence-corrected chi connectivity index (χ4v) is 2.29. The van der Waals surface area contributed by atoms with Gasteiger partial charge in [-0.2, -0.15) is 0 Å². The van der Waals surface area contributed by atoms with E-state index in [1.165, 1.54) is 25.0 Å². The summed E-state index contributed by atoms with van der Waals surface area (Å²) in [6, 6.07) is 4.35. The van der Waals surface area contributed by atoms with E-state index in [2.05, 4.69) is 6.92 Å². The number of fused-ring (bicyclic) bond motifs is 1. The average molecular weight is 238 g/mol. The Balaban J connectivity index is 2.03. The number of halogens is 1. The Morgan fingerprint density at radius 3 is 3.00 bits per heavy atom. The van der Waals surface area contributed by atoms with Crippen molar-refractivity contribution in [2.45, 2.75) is 51.2 Å². The molecule has 0 saturated heterocycles. The first-order valence-electron chi connectivity index (χ1n) is 6.35. The molecule has 2 unspecified atom stereocenters. The highest BCUT2D eigenvalue weighted by Crippen LogP contribution is 2.36. The summed E-state index contributed by atoms with van der Waals surface area (Å²) in [4.78, 5) is 0. The minimum Gasteiger partial charge on any atom is -0.490 e. The van der Waals surface area contributed by atoms with Crippen LogP contribution < -0.4 is 4.74 Å². The van der Waals surface area contributed by atoms with Gasteiger partial charge in [0, 0.05) is 12.0 Å². The summed E-state index contributed by atoms with van der Waals surface area (Å²) >= 11 is 0. The van der Waals surface area contributed by atoms with Crippen LogP contribution in [0, 0.1) is 5.82 Å². The van der Waals surface area contributed by atoms with Gasteiger partial charge in [-0.25, -0.2) is 4.39 Å². The zero-order valence-corrected chi connectivity index (χ0v) is 10.2. The Morgan fingerprint density at radius 1 is 1.41 bits per heavy atom. The summed E-state index contributed by atoms with van der Waals surface area (Å²) in [6.07, 6.45) is 4.48. The van der Waals surface area contributed by atoms with Crippen molar-refractivity contribution in [3.63, 3.8) is 0 Å². The Hall–Kier alpha value is -1.09. The van der Waals surface area contributed by atoms with Crippen LogP contribution in [0.3, 0.4) is 0 Å². The molecule has 1 aromatic carbocycles. The highest BCUT2D eigenvalue weighted by Gasteiger charge is 2.26. The fourth-order valence-electron chi connectivity index (χ4n) is 2.29. The smallest absolute Gasteiger partial charge is 0.125 e. The van der Waals surface area contributed by atoms with Gasteiger partial charge in [-0.15, -0.1) is 0 Å². The predicted octanol–water partition coefficient (Wildman–Crippen LogP) is 3.59. The zero-order chi connectivity index (χ0) is 12.3. The molecule has 94 valence electrons. The molecule has 1 heterocycles. The lowest BCUT2D eigenvalue weighted by molar-refractivity contribution is 0.0601. The summed E-state index contributed by atoms with van der Waals surface area (Å²) in [7, 11) is 0. The number of ether oxygens (including phenoxy) is 1. The van der Waals surface area contributed by atoms with Gasteiger partial charge in [-0.1, -0.05) is 19.8 Å². The summed E-state index contributed by atoms with van der Waals surface area (Å²) in [5, 5.41) is 9.97. The summed E-state index contributed by atoms with van der Waals surface area (Å²) in [5.74, 6) is 0.308. The van der Waals surface area contributed by atoms with Gasteiger partial charge in [0.1, 0.15) is 17.7 Å².